The average molecular weight is 235 g/mol. The molecule has 0 spiro atoms. The van der Waals surface area contributed by atoms with E-state index in [0.717, 1.165) is 5.65 Å². The van der Waals surface area contributed by atoms with Crippen molar-refractivity contribution in [2.75, 3.05) is 24.3 Å². The first-order valence-electron chi connectivity index (χ1n) is 5.39. The molecule has 0 atom stereocenters. The minimum atomic E-state index is -0.423. The molecule has 0 saturated carbocycles. The van der Waals surface area contributed by atoms with Crippen molar-refractivity contribution in [3.63, 3.8) is 0 Å². The molecule has 6 heteroatoms. The predicted molar refractivity (Wildman–Crippen MR) is 67.0 cm³/mol. The summed E-state index contributed by atoms with van der Waals surface area (Å²) in [5.74, 6) is 1.08. The van der Waals surface area contributed by atoms with Crippen molar-refractivity contribution >= 4 is 17.3 Å². The Kier molecular flexibility index (Phi) is 2.66. The van der Waals surface area contributed by atoms with Crippen molar-refractivity contribution in [2.45, 2.75) is 19.4 Å². The number of aliphatic hydroxyl groups is 1. The Labute approximate surface area is 99.7 Å². The van der Waals surface area contributed by atoms with Crippen molar-refractivity contribution in [1.82, 2.24) is 14.4 Å². The van der Waals surface area contributed by atoms with Crippen LogP contribution in [-0.2, 0) is 0 Å². The van der Waals surface area contributed by atoms with Crippen LogP contribution in [0.3, 0.4) is 0 Å². The lowest BCUT2D eigenvalue weighted by Gasteiger charge is -2.34. The number of rotatable bonds is 3. The number of aromatic nitrogens is 3. The minimum Gasteiger partial charge on any atom is -0.394 e. The second-order valence-electron chi connectivity index (χ2n) is 4.68. The average Bonchev–Trinajstić information content (AvgIpc) is 2.74. The van der Waals surface area contributed by atoms with E-state index in [4.69, 9.17) is 5.73 Å². The van der Waals surface area contributed by atoms with Crippen molar-refractivity contribution in [3.05, 3.63) is 18.6 Å². The molecule has 0 bridgehead atoms. The fraction of sp³-hybridized carbons (Fsp3) is 0.455. The van der Waals surface area contributed by atoms with Gasteiger partial charge in [0.25, 0.3) is 0 Å². The number of likely N-dealkylation sites (N-methyl/N-ethyl adjacent to an activating group) is 1. The van der Waals surface area contributed by atoms with Gasteiger partial charge in [-0.3, -0.25) is 0 Å². The highest BCUT2D eigenvalue weighted by molar-refractivity contribution is 5.67. The van der Waals surface area contributed by atoms with Gasteiger partial charge in [-0.05, 0) is 13.8 Å². The van der Waals surface area contributed by atoms with Crippen LogP contribution in [0.15, 0.2) is 18.6 Å². The van der Waals surface area contributed by atoms with Gasteiger partial charge in [-0.1, -0.05) is 0 Å². The molecule has 0 aromatic carbocycles. The molecule has 2 rings (SSSR count). The van der Waals surface area contributed by atoms with E-state index in [-0.39, 0.29) is 6.61 Å². The van der Waals surface area contributed by atoms with Crippen molar-refractivity contribution in [2.24, 2.45) is 0 Å². The monoisotopic (exact) mass is 235 g/mol. The van der Waals surface area contributed by atoms with Crippen LogP contribution < -0.4 is 10.6 Å². The summed E-state index contributed by atoms with van der Waals surface area (Å²) in [5.41, 5.74) is 6.06. The number of anilines is 2. The summed E-state index contributed by atoms with van der Waals surface area (Å²) in [5, 5.41) is 9.39. The molecule has 0 amide bonds. The highest BCUT2D eigenvalue weighted by atomic mass is 16.3. The zero-order valence-corrected chi connectivity index (χ0v) is 10.3. The molecular weight excluding hydrogens is 218 g/mol. The molecule has 2 aromatic rings. The van der Waals surface area contributed by atoms with E-state index in [2.05, 4.69) is 9.97 Å². The molecule has 0 fully saturated rings. The van der Waals surface area contributed by atoms with Crippen LogP contribution in [0.2, 0.25) is 0 Å². The van der Waals surface area contributed by atoms with Crippen LogP contribution in [0.4, 0.5) is 11.6 Å². The third-order valence-electron chi connectivity index (χ3n) is 2.99. The lowest BCUT2D eigenvalue weighted by molar-refractivity contribution is 0.216. The van der Waals surface area contributed by atoms with Gasteiger partial charge in [-0.25, -0.2) is 9.97 Å². The fourth-order valence-corrected chi connectivity index (χ4v) is 1.55. The SMILES string of the molecule is CN(c1nc(N)cn2ccnc12)C(C)(C)CO. The Morgan fingerprint density at radius 2 is 2.24 bits per heavy atom. The smallest absolute Gasteiger partial charge is 0.180 e. The van der Waals surface area contributed by atoms with Gasteiger partial charge in [0.2, 0.25) is 0 Å². The summed E-state index contributed by atoms with van der Waals surface area (Å²) < 4.78 is 1.82. The molecule has 6 nitrogen and oxygen atoms in total. The lowest BCUT2D eigenvalue weighted by Crippen LogP contribution is -2.45. The van der Waals surface area contributed by atoms with Crippen molar-refractivity contribution < 1.29 is 5.11 Å². The maximum atomic E-state index is 9.39. The topological polar surface area (TPSA) is 79.7 Å². The summed E-state index contributed by atoms with van der Waals surface area (Å²) in [4.78, 5) is 10.4. The highest BCUT2D eigenvalue weighted by Gasteiger charge is 2.26. The Hall–Kier alpha value is -1.82. The highest BCUT2D eigenvalue weighted by Crippen LogP contribution is 2.24. The maximum absolute atomic E-state index is 9.39. The first-order valence-corrected chi connectivity index (χ1v) is 5.39. The summed E-state index contributed by atoms with van der Waals surface area (Å²) in [6, 6.07) is 0. The van der Waals surface area contributed by atoms with Crippen LogP contribution in [0.5, 0.6) is 0 Å². The second-order valence-corrected chi connectivity index (χ2v) is 4.68. The van der Waals surface area contributed by atoms with Crippen LogP contribution >= 0.6 is 0 Å². The molecule has 0 aliphatic heterocycles. The third-order valence-corrected chi connectivity index (χ3v) is 2.99. The van der Waals surface area contributed by atoms with Gasteiger partial charge in [-0.2, -0.15) is 0 Å². The van der Waals surface area contributed by atoms with E-state index in [1.807, 2.05) is 36.4 Å². The largest absolute Gasteiger partial charge is 0.394 e. The van der Waals surface area contributed by atoms with Crippen LogP contribution in [0, 0.1) is 0 Å². The van der Waals surface area contributed by atoms with Crippen molar-refractivity contribution in [3.8, 4) is 0 Å². The maximum Gasteiger partial charge on any atom is 0.180 e. The minimum absolute atomic E-state index is 0.0207. The summed E-state index contributed by atoms with van der Waals surface area (Å²) in [6.07, 6.45) is 5.22. The van der Waals surface area contributed by atoms with Gasteiger partial charge in [0, 0.05) is 19.4 Å². The van der Waals surface area contributed by atoms with Crippen LogP contribution in [0.25, 0.3) is 5.65 Å². The molecule has 0 aliphatic rings. The Bertz CT molecular complexity index is 534. The quantitative estimate of drug-likeness (QED) is 0.810. The third kappa shape index (κ3) is 1.91. The second kappa shape index (κ2) is 3.89. The van der Waals surface area contributed by atoms with Gasteiger partial charge < -0.3 is 20.1 Å². The Morgan fingerprint density at radius 1 is 1.53 bits per heavy atom. The molecule has 92 valence electrons. The first kappa shape index (κ1) is 11.7. The van der Waals surface area contributed by atoms with E-state index in [1.165, 1.54) is 0 Å². The summed E-state index contributed by atoms with van der Waals surface area (Å²) in [7, 11) is 1.87. The zero-order chi connectivity index (χ0) is 12.6. The lowest BCUT2D eigenvalue weighted by atomic mass is 10.1. The van der Waals surface area contributed by atoms with E-state index in [1.54, 1.807) is 12.4 Å². The number of hydrogen-bond donors (Lipinski definition) is 2. The standard InChI is InChI=1S/C11H17N5O/c1-11(2,7-17)15(3)10-9-13-4-5-16(9)6-8(12)14-10/h4-6,17H,7,12H2,1-3H3. The van der Waals surface area contributed by atoms with Gasteiger partial charge in [0.05, 0.1) is 18.3 Å². The number of nitrogen functional groups attached to an aromatic ring is 1. The molecule has 0 saturated heterocycles. The van der Waals surface area contributed by atoms with E-state index < -0.39 is 5.54 Å². The fourth-order valence-electron chi connectivity index (χ4n) is 1.55. The molecule has 17 heavy (non-hydrogen) atoms. The number of nitrogens with two attached hydrogens (primary N) is 1. The number of nitrogens with zero attached hydrogens (tertiary/aromatic N) is 4. The number of fused-ring (bicyclic) bond motifs is 1. The molecule has 0 aliphatic carbocycles. The van der Waals surface area contributed by atoms with Gasteiger partial charge in [0.15, 0.2) is 11.5 Å². The Morgan fingerprint density at radius 3 is 2.88 bits per heavy atom. The van der Waals surface area contributed by atoms with E-state index in [9.17, 15) is 5.11 Å². The summed E-state index contributed by atoms with van der Waals surface area (Å²) in [6.45, 7) is 3.88. The normalized spacial score (nSPS) is 12.0. The molecule has 2 heterocycles. The zero-order valence-electron chi connectivity index (χ0n) is 10.3. The molecule has 2 aromatic heterocycles. The van der Waals surface area contributed by atoms with Crippen LogP contribution in [-0.4, -0.2) is 38.7 Å². The summed E-state index contributed by atoms with van der Waals surface area (Å²) >= 11 is 0. The molecule has 0 radical (unpaired) electrons. The van der Waals surface area contributed by atoms with Gasteiger partial charge >= 0.3 is 0 Å². The molecule has 0 unspecified atom stereocenters. The molecule has 3 N–H and O–H groups in total. The number of imidazole rings is 1. The molecular formula is C11H17N5O. The van der Waals surface area contributed by atoms with E-state index in [0.29, 0.717) is 11.6 Å². The van der Waals surface area contributed by atoms with Gasteiger partial charge in [-0.15, -0.1) is 0 Å². The van der Waals surface area contributed by atoms with Crippen molar-refractivity contribution in [1.29, 1.82) is 0 Å². The Balaban J connectivity index is 2.58. The number of aliphatic hydroxyl groups excluding tert-OH is 1. The first-order chi connectivity index (χ1) is 7.95. The van der Waals surface area contributed by atoms with Crippen LogP contribution in [0.1, 0.15) is 13.8 Å². The number of hydrogen-bond acceptors (Lipinski definition) is 5. The van der Waals surface area contributed by atoms with E-state index >= 15 is 0 Å². The predicted octanol–water partition coefficient (Wildman–Crippen LogP) is 0.519. The van der Waals surface area contributed by atoms with Gasteiger partial charge in [0.1, 0.15) is 5.82 Å².